The molecular formula is C22H33NOS2. The average Bonchev–Trinajstić information content (AvgIpc) is 2.91. The van der Waals surface area contributed by atoms with Crippen LogP contribution in [0.1, 0.15) is 66.2 Å². The summed E-state index contributed by atoms with van der Waals surface area (Å²) in [4.78, 5) is 16.2. The number of rotatable bonds is 5. The van der Waals surface area contributed by atoms with Crippen LogP contribution in [-0.2, 0) is 4.79 Å². The predicted molar refractivity (Wildman–Crippen MR) is 116 cm³/mol. The largest absolute Gasteiger partial charge is 0.297 e. The number of unbranched alkanes of at least 4 members (excludes halogenated alkanes) is 1. The van der Waals surface area contributed by atoms with Gasteiger partial charge in [0.2, 0.25) is 5.91 Å². The molecule has 2 fully saturated rings. The fraction of sp³-hybridized carbons (Fsp3) is 0.682. The SMILES string of the molecule is CCCCSc1ccc(N2C(=O)CSC23CCC(C(C)(C)C)CC3)cc1. The van der Waals surface area contributed by atoms with Crippen molar-refractivity contribution in [3.05, 3.63) is 24.3 Å². The second-order valence-corrected chi connectivity index (χ2v) is 11.3. The molecule has 1 aromatic carbocycles. The third-order valence-electron chi connectivity index (χ3n) is 5.97. The lowest BCUT2D eigenvalue weighted by Gasteiger charge is -2.45. The maximum absolute atomic E-state index is 12.7. The first-order chi connectivity index (χ1) is 12.4. The molecule has 0 bridgehead atoms. The van der Waals surface area contributed by atoms with E-state index < -0.39 is 0 Å². The molecule has 1 aromatic rings. The number of amides is 1. The Labute approximate surface area is 167 Å². The maximum Gasteiger partial charge on any atom is 0.238 e. The van der Waals surface area contributed by atoms with Crippen LogP contribution in [-0.4, -0.2) is 22.3 Å². The molecule has 1 spiro atoms. The molecular weight excluding hydrogens is 358 g/mol. The monoisotopic (exact) mass is 391 g/mol. The quantitative estimate of drug-likeness (QED) is 0.417. The predicted octanol–water partition coefficient (Wildman–Crippen LogP) is 6.59. The number of nitrogens with zero attached hydrogens (tertiary/aromatic N) is 1. The highest BCUT2D eigenvalue weighted by Gasteiger charge is 2.49. The molecule has 4 heteroatoms. The zero-order chi connectivity index (χ0) is 18.8. The van der Waals surface area contributed by atoms with Crippen LogP contribution in [0.15, 0.2) is 29.2 Å². The van der Waals surface area contributed by atoms with Crippen molar-refractivity contribution in [2.24, 2.45) is 11.3 Å². The van der Waals surface area contributed by atoms with Gasteiger partial charge in [0.1, 0.15) is 0 Å². The van der Waals surface area contributed by atoms with Crippen LogP contribution in [0.4, 0.5) is 5.69 Å². The van der Waals surface area contributed by atoms with Gasteiger partial charge >= 0.3 is 0 Å². The van der Waals surface area contributed by atoms with Gasteiger partial charge in [-0.1, -0.05) is 34.1 Å². The van der Waals surface area contributed by atoms with E-state index in [9.17, 15) is 4.79 Å². The number of carbonyl (C=O) groups excluding carboxylic acids is 1. The molecule has 1 aliphatic carbocycles. The minimum atomic E-state index is -0.00426. The zero-order valence-electron chi connectivity index (χ0n) is 16.7. The molecule has 1 amide bonds. The second-order valence-electron chi connectivity index (χ2n) is 8.80. The first-order valence-electron chi connectivity index (χ1n) is 10.1. The van der Waals surface area contributed by atoms with Gasteiger partial charge in [-0.05, 0) is 73.5 Å². The van der Waals surface area contributed by atoms with E-state index in [-0.39, 0.29) is 10.8 Å². The van der Waals surface area contributed by atoms with Crippen molar-refractivity contribution in [3.63, 3.8) is 0 Å². The summed E-state index contributed by atoms with van der Waals surface area (Å²) in [5.41, 5.74) is 1.46. The molecule has 1 saturated carbocycles. The Bertz CT molecular complexity index is 612. The van der Waals surface area contributed by atoms with E-state index in [1.54, 1.807) is 0 Å². The Morgan fingerprint density at radius 2 is 1.85 bits per heavy atom. The normalized spacial score (nSPS) is 26.7. The molecule has 0 unspecified atom stereocenters. The van der Waals surface area contributed by atoms with Crippen LogP contribution in [0, 0.1) is 11.3 Å². The Morgan fingerprint density at radius 3 is 2.42 bits per heavy atom. The summed E-state index contributed by atoms with van der Waals surface area (Å²) >= 11 is 3.80. The molecule has 1 saturated heterocycles. The summed E-state index contributed by atoms with van der Waals surface area (Å²) in [6, 6.07) is 8.71. The minimum absolute atomic E-state index is 0.00426. The third-order valence-corrected chi connectivity index (χ3v) is 8.59. The number of thioether (sulfide) groups is 2. The Kier molecular flexibility index (Phi) is 6.33. The number of hydrogen-bond donors (Lipinski definition) is 0. The van der Waals surface area contributed by atoms with Crippen molar-refractivity contribution in [3.8, 4) is 0 Å². The molecule has 0 N–H and O–H groups in total. The van der Waals surface area contributed by atoms with E-state index in [0.29, 0.717) is 11.2 Å². The molecule has 144 valence electrons. The highest BCUT2D eigenvalue weighted by atomic mass is 32.2. The van der Waals surface area contributed by atoms with Crippen molar-refractivity contribution >= 4 is 35.1 Å². The highest BCUT2D eigenvalue weighted by molar-refractivity contribution is 8.02. The summed E-state index contributed by atoms with van der Waals surface area (Å²) < 4.78 is 0. The van der Waals surface area contributed by atoms with Crippen LogP contribution < -0.4 is 4.90 Å². The van der Waals surface area contributed by atoms with Gasteiger partial charge < -0.3 is 0 Å². The fourth-order valence-electron chi connectivity index (χ4n) is 4.26. The molecule has 0 atom stereocenters. The zero-order valence-corrected chi connectivity index (χ0v) is 18.3. The molecule has 2 aliphatic rings. The van der Waals surface area contributed by atoms with Crippen LogP contribution in [0.3, 0.4) is 0 Å². The topological polar surface area (TPSA) is 20.3 Å². The Hall–Kier alpha value is -0.610. The third kappa shape index (κ3) is 4.27. The van der Waals surface area contributed by atoms with Gasteiger partial charge in [-0.15, -0.1) is 23.5 Å². The Morgan fingerprint density at radius 1 is 1.19 bits per heavy atom. The van der Waals surface area contributed by atoms with Gasteiger partial charge in [0, 0.05) is 10.6 Å². The highest BCUT2D eigenvalue weighted by Crippen LogP contribution is 2.52. The van der Waals surface area contributed by atoms with Gasteiger partial charge in [-0.25, -0.2) is 0 Å². The Balaban J connectivity index is 1.72. The van der Waals surface area contributed by atoms with E-state index >= 15 is 0 Å². The van der Waals surface area contributed by atoms with Crippen molar-refractivity contribution in [2.75, 3.05) is 16.4 Å². The van der Waals surface area contributed by atoms with Gasteiger partial charge in [-0.2, -0.15) is 0 Å². The second kappa shape index (κ2) is 8.18. The van der Waals surface area contributed by atoms with Crippen molar-refractivity contribution in [1.29, 1.82) is 0 Å². The first kappa shape index (κ1) is 20.1. The molecule has 1 heterocycles. The first-order valence-corrected chi connectivity index (χ1v) is 12.0. The van der Waals surface area contributed by atoms with Gasteiger partial charge in [0.15, 0.2) is 0 Å². The number of anilines is 1. The minimum Gasteiger partial charge on any atom is -0.297 e. The molecule has 3 rings (SSSR count). The summed E-state index contributed by atoms with van der Waals surface area (Å²) in [6.07, 6.45) is 7.20. The van der Waals surface area contributed by atoms with Crippen molar-refractivity contribution in [1.82, 2.24) is 0 Å². The van der Waals surface area contributed by atoms with E-state index in [2.05, 4.69) is 56.9 Å². The summed E-state index contributed by atoms with van der Waals surface area (Å²) in [6.45, 7) is 9.30. The molecule has 26 heavy (non-hydrogen) atoms. The molecule has 0 radical (unpaired) electrons. The lowest BCUT2D eigenvalue weighted by atomic mass is 9.71. The molecule has 2 nitrogen and oxygen atoms in total. The van der Waals surface area contributed by atoms with Crippen LogP contribution >= 0.6 is 23.5 Å². The van der Waals surface area contributed by atoms with Crippen molar-refractivity contribution in [2.45, 2.75) is 76.0 Å². The van der Waals surface area contributed by atoms with E-state index in [1.165, 1.54) is 36.3 Å². The number of benzene rings is 1. The fourth-order valence-corrected chi connectivity index (χ4v) is 6.64. The van der Waals surface area contributed by atoms with Crippen LogP contribution in [0.2, 0.25) is 0 Å². The lowest BCUT2D eigenvalue weighted by Crippen LogP contribution is -2.48. The van der Waals surface area contributed by atoms with Crippen LogP contribution in [0.25, 0.3) is 0 Å². The van der Waals surface area contributed by atoms with Gasteiger partial charge in [-0.3, -0.25) is 9.69 Å². The van der Waals surface area contributed by atoms with E-state index in [0.717, 1.165) is 24.4 Å². The summed E-state index contributed by atoms with van der Waals surface area (Å²) in [7, 11) is 0. The smallest absolute Gasteiger partial charge is 0.238 e. The number of carbonyl (C=O) groups is 1. The van der Waals surface area contributed by atoms with Crippen molar-refractivity contribution < 1.29 is 4.79 Å². The summed E-state index contributed by atoms with van der Waals surface area (Å²) in [5, 5.41) is 0. The number of hydrogen-bond acceptors (Lipinski definition) is 3. The summed E-state index contributed by atoms with van der Waals surface area (Å²) in [5.74, 6) is 2.86. The standard InChI is InChI=1S/C22H33NOS2/c1-5-6-15-25-19-9-7-18(8-10-19)23-20(24)16-26-22(23)13-11-17(12-14-22)21(2,3)4/h7-10,17H,5-6,11-16H2,1-4H3. The maximum atomic E-state index is 12.7. The van der Waals surface area contributed by atoms with Gasteiger partial charge in [0.05, 0.1) is 10.6 Å². The average molecular weight is 392 g/mol. The van der Waals surface area contributed by atoms with E-state index in [4.69, 9.17) is 0 Å². The van der Waals surface area contributed by atoms with E-state index in [1.807, 2.05) is 23.5 Å². The van der Waals surface area contributed by atoms with Gasteiger partial charge in [0.25, 0.3) is 0 Å². The van der Waals surface area contributed by atoms with Crippen LogP contribution in [0.5, 0.6) is 0 Å². The molecule has 1 aliphatic heterocycles. The lowest BCUT2D eigenvalue weighted by molar-refractivity contribution is -0.116. The molecule has 0 aromatic heterocycles.